The molecule has 1 aliphatic rings. The molecule has 4 heteroatoms. The molecule has 0 aliphatic heterocycles. The summed E-state index contributed by atoms with van der Waals surface area (Å²) in [6, 6.07) is 2.10. The van der Waals surface area contributed by atoms with Crippen LogP contribution in [0.15, 0.2) is 0 Å². The van der Waals surface area contributed by atoms with Gasteiger partial charge in [0.05, 0.1) is 5.69 Å². The molecule has 0 radical (unpaired) electrons. The highest BCUT2D eigenvalue weighted by atomic mass is 35.5. The lowest BCUT2D eigenvalue weighted by atomic mass is 10.0. The van der Waals surface area contributed by atoms with Gasteiger partial charge in [-0.3, -0.25) is 5.10 Å². The number of rotatable bonds is 1. The molecule has 0 spiro atoms. The van der Waals surface area contributed by atoms with E-state index in [-0.39, 0.29) is 0 Å². The lowest BCUT2D eigenvalue weighted by Gasteiger charge is -2.04. The van der Waals surface area contributed by atoms with Crippen LogP contribution in [-0.2, 0) is 0 Å². The van der Waals surface area contributed by atoms with Crippen molar-refractivity contribution in [2.24, 2.45) is 0 Å². The molecule has 1 aliphatic carbocycles. The third-order valence-corrected chi connectivity index (χ3v) is 2.90. The van der Waals surface area contributed by atoms with Gasteiger partial charge in [0.2, 0.25) is 0 Å². The Bertz CT molecular complexity index is 344. The van der Waals surface area contributed by atoms with Crippen molar-refractivity contribution >= 4 is 11.6 Å². The van der Waals surface area contributed by atoms with Crippen molar-refractivity contribution < 1.29 is 0 Å². The first-order chi connectivity index (χ1) is 6.33. The molecular weight excluding hydrogens is 186 g/mol. The summed E-state index contributed by atoms with van der Waals surface area (Å²) in [5, 5.41) is 15.9. The molecule has 0 unspecified atom stereocenters. The van der Waals surface area contributed by atoms with Crippen LogP contribution >= 0.6 is 11.6 Å². The van der Waals surface area contributed by atoms with Gasteiger partial charge in [0, 0.05) is 5.92 Å². The molecule has 68 valence electrons. The fraction of sp³-hybridized carbons (Fsp3) is 0.556. The Labute approximate surface area is 81.7 Å². The van der Waals surface area contributed by atoms with Crippen LogP contribution in [0.2, 0.25) is 5.15 Å². The Morgan fingerprint density at radius 2 is 2.15 bits per heavy atom. The summed E-state index contributed by atoms with van der Waals surface area (Å²) < 4.78 is 0. The second-order valence-corrected chi connectivity index (χ2v) is 3.75. The first kappa shape index (κ1) is 8.58. The van der Waals surface area contributed by atoms with Gasteiger partial charge in [0.1, 0.15) is 11.6 Å². The van der Waals surface area contributed by atoms with E-state index >= 15 is 0 Å². The van der Waals surface area contributed by atoms with E-state index in [0.717, 1.165) is 18.5 Å². The predicted octanol–water partition coefficient (Wildman–Crippen LogP) is 2.59. The fourth-order valence-electron chi connectivity index (χ4n) is 1.95. The molecule has 1 heterocycles. The smallest absolute Gasteiger partial charge is 0.168 e. The summed E-state index contributed by atoms with van der Waals surface area (Å²) in [4.78, 5) is 0. The largest absolute Gasteiger partial charge is 0.279 e. The van der Waals surface area contributed by atoms with Crippen molar-refractivity contribution in [3.05, 3.63) is 16.4 Å². The van der Waals surface area contributed by atoms with E-state index in [1.54, 1.807) is 0 Å². The molecule has 1 N–H and O–H groups in total. The topological polar surface area (TPSA) is 52.5 Å². The quantitative estimate of drug-likeness (QED) is 0.749. The molecule has 1 aromatic heterocycles. The van der Waals surface area contributed by atoms with E-state index < -0.39 is 0 Å². The highest BCUT2D eigenvalue weighted by molar-refractivity contribution is 6.30. The molecule has 1 aromatic rings. The number of nitrogens with zero attached hydrogens (tertiary/aromatic N) is 2. The van der Waals surface area contributed by atoms with Crippen LogP contribution in [0.5, 0.6) is 0 Å². The van der Waals surface area contributed by atoms with Gasteiger partial charge >= 0.3 is 0 Å². The summed E-state index contributed by atoms with van der Waals surface area (Å²) >= 11 is 5.76. The molecule has 3 nitrogen and oxygen atoms in total. The molecule has 1 fully saturated rings. The van der Waals surface area contributed by atoms with E-state index in [2.05, 4.69) is 16.3 Å². The minimum absolute atomic E-state index is 0.310. The molecular formula is C9H10ClN3. The number of aromatic amines is 1. The minimum atomic E-state index is 0.310. The monoisotopic (exact) mass is 195 g/mol. The van der Waals surface area contributed by atoms with E-state index in [0.29, 0.717) is 16.6 Å². The predicted molar refractivity (Wildman–Crippen MR) is 49.5 cm³/mol. The van der Waals surface area contributed by atoms with Gasteiger partial charge in [-0.1, -0.05) is 24.4 Å². The Kier molecular flexibility index (Phi) is 2.24. The van der Waals surface area contributed by atoms with Crippen LogP contribution in [0.4, 0.5) is 0 Å². The van der Waals surface area contributed by atoms with Crippen LogP contribution in [-0.4, -0.2) is 10.2 Å². The maximum atomic E-state index is 8.85. The van der Waals surface area contributed by atoms with Gasteiger partial charge in [-0.2, -0.15) is 10.4 Å². The number of nitrogens with one attached hydrogen (secondary N) is 1. The molecule has 0 atom stereocenters. The highest BCUT2D eigenvalue weighted by Gasteiger charge is 2.23. The van der Waals surface area contributed by atoms with Crippen LogP contribution in [0.1, 0.15) is 42.9 Å². The number of hydrogen-bond acceptors (Lipinski definition) is 2. The number of halogens is 1. The Morgan fingerprint density at radius 1 is 1.46 bits per heavy atom. The zero-order valence-corrected chi connectivity index (χ0v) is 7.93. The summed E-state index contributed by atoms with van der Waals surface area (Å²) in [6.45, 7) is 0. The molecule has 0 aromatic carbocycles. The van der Waals surface area contributed by atoms with E-state index in [1.807, 2.05) is 0 Å². The van der Waals surface area contributed by atoms with E-state index in [9.17, 15) is 0 Å². The lowest BCUT2D eigenvalue weighted by molar-refractivity contribution is 0.691. The van der Waals surface area contributed by atoms with Crippen molar-refractivity contribution in [2.45, 2.75) is 31.6 Å². The van der Waals surface area contributed by atoms with Crippen molar-refractivity contribution in [1.29, 1.82) is 5.26 Å². The molecule has 0 amide bonds. The van der Waals surface area contributed by atoms with Gasteiger partial charge in [-0.15, -0.1) is 0 Å². The summed E-state index contributed by atoms with van der Waals surface area (Å²) in [5.41, 5.74) is 1.47. The number of H-pyrrole nitrogens is 1. The van der Waals surface area contributed by atoms with Gasteiger partial charge in [-0.05, 0) is 12.8 Å². The fourth-order valence-corrected chi connectivity index (χ4v) is 2.13. The van der Waals surface area contributed by atoms with E-state index in [4.69, 9.17) is 16.9 Å². The second kappa shape index (κ2) is 3.39. The number of nitriles is 1. The van der Waals surface area contributed by atoms with Crippen molar-refractivity contribution in [2.75, 3.05) is 0 Å². The molecule has 0 bridgehead atoms. The Balaban J connectivity index is 2.34. The van der Waals surface area contributed by atoms with Crippen LogP contribution in [0.25, 0.3) is 0 Å². The third kappa shape index (κ3) is 1.42. The molecule has 2 rings (SSSR count). The first-order valence-electron chi connectivity index (χ1n) is 4.46. The van der Waals surface area contributed by atoms with Crippen molar-refractivity contribution in [3.63, 3.8) is 0 Å². The van der Waals surface area contributed by atoms with Crippen LogP contribution in [0.3, 0.4) is 0 Å². The standard InChI is InChI=1S/C9H10ClN3/c10-9-7(5-11)8(12-13-9)6-3-1-2-4-6/h6H,1-4H2,(H,12,13). The van der Waals surface area contributed by atoms with Crippen LogP contribution in [0, 0.1) is 11.3 Å². The van der Waals surface area contributed by atoms with E-state index in [1.165, 1.54) is 12.8 Å². The SMILES string of the molecule is N#Cc1c(Cl)n[nH]c1C1CCCC1. The number of hydrogen-bond donors (Lipinski definition) is 1. The Hall–Kier alpha value is -1.01. The highest BCUT2D eigenvalue weighted by Crippen LogP contribution is 2.35. The average Bonchev–Trinajstić information content (AvgIpc) is 2.71. The molecule has 0 saturated heterocycles. The summed E-state index contributed by atoms with van der Waals surface area (Å²) in [7, 11) is 0. The zero-order valence-electron chi connectivity index (χ0n) is 7.18. The molecule has 1 saturated carbocycles. The maximum absolute atomic E-state index is 8.85. The summed E-state index contributed by atoms with van der Waals surface area (Å²) in [5.74, 6) is 0.467. The number of aromatic nitrogens is 2. The average molecular weight is 196 g/mol. The summed E-state index contributed by atoms with van der Waals surface area (Å²) in [6.07, 6.45) is 4.78. The normalized spacial score (nSPS) is 17.5. The van der Waals surface area contributed by atoms with Crippen molar-refractivity contribution in [1.82, 2.24) is 10.2 Å². The first-order valence-corrected chi connectivity index (χ1v) is 4.84. The zero-order chi connectivity index (χ0) is 9.26. The van der Waals surface area contributed by atoms with Gasteiger partial charge in [-0.25, -0.2) is 0 Å². The van der Waals surface area contributed by atoms with Gasteiger partial charge < -0.3 is 0 Å². The second-order valence-electron chi connectivity index (χ2n) is 3.40. The maximum Gasteiger partial charge on any atom is 0.168 e. The molecule has 13 heavy (non-hydrogen) atoms. The minimum Gasteiger partial charge on any atom is -0.279 e. The third-order valence-electron chi connectivity index (χ3n) is 2.63. The van der Waals surface area contributed by atoms with Gasteiger partial charge in [0.15, 0.2) is 5.15 Å². The van der Waals surface area contributed by atoms with Crippen molar-refractivity contribution in [3.8, 4) is 6.07 Å². The van der Waals surface area contributed by atoms with Crippen LogP contribution < -0.4 is 0 Å². The Morgan fingerprint density at radius 3 is 2.77 bits per heavy atom. The lowest BCUT2D eigenvalue weighted by Crippen LogP contribution is -1.95. The van der Waals surface area contributed by atoms with Gasteiger partial charge in [0.25, 0.3) is 0 Å².